The number of benzene rings is 2. The van der Waals surface area contributed by atoms with Gasteiger partial charge in [-0.25, -0.2) is 0 Å². The summed E-state index contributed by atoms with van der Waals surface area (Å²) in [6.45, 7) is 0.598. The number of rotatable bonds is 4. The van der Waals surface area contributed by atoms with Gasteiger partial charge in [-0.05, 0) is 0 Å². The summed E-state index contributed by atoms with van der Waals surface area (Å²) in [5, 5.41) is 0. The van der Waals surface area contributed by atoms with Gasteiger partial charge in [0.15, 0.2) is 0 Å². The molecule has 0 saturated heterocycles. The van der Waals surface area contributed by atoms with Crippen LogP contribution < -0.4 is 15.1 Å². The van der Waals surface area contributed by atoms with E-state index in [1.165, 1.54) is 4.57 Å². The molecule has 6 nitrogen and oxygen atoms in total. The standard InChI is InChI=1S/C19H15N4O2.Sn/c24-18-16-17(21-13-20-16)22(11-14-7-3-1-4-8-14)19(25)23(18)12-15-9-5-2-6-10-15;/h1-10H,11-12H2,(H,20,21);. The Morgan fingerprint density at radius 3 is 1.96 bits per heavy atom. The van der Waals surface area contributed by atoms with Crippen molar-refractivity contribution >= 4 is 37.5 Å². The fraction of sp³-hybridized carbons (Fsp3) is 0.105. The number of imidazole rings is 1. The monoisotopic (exact) mass is 451 g/mol. The van der Waals surface area contributed by atoms with Crippen LogP contribution >= 0.6 is 0 Å². The third kappa shape index (κ3) is 3.12. The minimum atomic E-state index is -0.350. The molecule has 2 aromatic carbocycles. The topological polar surface area (TPSA) is 72.7 Å². The SMILES string of the molecule is O=c1c2[nH][c]([Sn])nc2n(Cc2ccccc2)c(=O)n1Cc1ccccc1. The summed E-state index contributed by atoms with van der Waals surface area (Å²) in [7, 11) is 0. The second kappa shape index (κ2) is 6.95. The fourth-order valence-electron chi connectivity index (χ4n) is 2.98. The first-order valence-electron chi connectivity index (χ1n) is 8.16. The maximum absolute atomic E-state index is 13.1. The van der Waals surface area contributed by atoms with Gasteiger partial charge in [-0.3, -0.25) is 0 Å². The first-order valence-corrected chi connectivity index (χ1v) is 9.59. The summed E-state index contributed by atoms with van der Waals surface area (Å²) >= 11 is 1.06. The van der Waals surface area contributed by atoms with E-state index in [4.69, 9.17) is 0 Å². The number of hydrogen-bond acceptors (Lipinski definition) is 3. The van der Waals surface area contributed by atoms with E-state index in [1.807, 2.05) is 60.7 Å². The molecule has 0 bridgehead atoms. The van der Waals surface area contributed by atoms with E-state index in [-0.39, 0.29) is 17.8 Å². The van der Waals surface area contributed by atoms with Crippen molar-refractivity contribution in [3.8, 4) is 0 Å². The van der Waals surface area contributed by atoms with Crippen LogP contribution in [0.25, 0.3) is 11.2 Å². The number of hydrogen-bond donors (Lipinski definition) is 1. The molecule has 1 N–H and O–H groups in total. The molecule has 4 aromatic rings. The predicted octanol–water partition coefficient (Wildman–Crippen LogP) is 0.777. The van der Waals surface area contributed by atoms with Gasteiger partial charge in [0.25, 0.3) is 0 Å². The Labute approximate surface area is 162 Å². The van der Waals surface area contributed by atoms with Crippen molar-refractivity contribution in [1.82, 2.24) is 19.1 Å². The maximum atomic E-state index is 13.1. The molecule has 0 atom stereocenters. The molecule has 7 heteroatoms. The normalized spacial score (nSPS) is 11.1. The number of nitrogens with zero attached hydrogens (tertiary/aromatic N) is 3. The van der Waals surface area contributed by atoms with E-state index in [9.17, 15) is 9.59 Å². The molecule has 2 aromatic heterocycles. The van der Waals surface area contributed by atoms with Crippen molar-refractivity contribution in [2.45, 2.75) is 13.1 Å². The van der Waals surface area contributed by atoms with Crippen molar-refractivity contribution in [1.29, 1.82) is 0 Å². The molecule has 4 rings (SSSR count). The molecule has 0 aliphatic rings. The summed E-state index contributed by atoms with van der Waals surface area (Å²) in [5.41, 5.74) is 1.99. The number of fused-ring (bicyclic) bond motifs is 1. The third-order valence-corrected chi connectivity index (χ3v) is 4.90. The van der Waals surface area contributed by atoms with Gasteiger partial charge in [0.1, 0.15) is 0 Å². The number of H-pyrrole nitrogens is 1. The zero-order valence-electron chi connectivity index (χ0n) is 13.8. The Bertz CT molecular complexity index is 1180. The second-order valence-corrected chi connectivity index (χ2v) is 7.37. The van der Waals surface area contributed by atoms with Crippen LogP contribution in [-0.4, -0.2) is 41.6 Å². The van der Waals surface area contributed by atoms with Crippen molar-refractivity contribution in [3.05, 3.63) is 92.6 Å². The van der Waals surface area contributed by atoms with Crippen LogP contribution in [0.2, 0.25) is 0 Å². The molecule has 0 spiro atoms. The van der Waals surface area contributed by atoms with Crippen LogP contribution in [0.15, 0.2) is 70.3 Å². The minimum absolute atomic E-state index is 0.231. The van der Waals surface area contributed by atoms with E-state index in [0.29, 0.717) is 21.5 Å². The second-order valence-electron chi connectivity index (χ2n) is 6.02. The van der Waals surface area contributed by atoms with Crippen molar-refractivity contribution in [3.63, 3.8) is 0 Å². The zero-order chi connectivity index (χ0) is 18.1. The van der Waals surface area contributed by atoms with E-state index < -0.39 is 0 Å². The zero-order valence-corrected chi connectivity index (χ0v) is 16.7. The Hall–Kier alpha value is -2.61. The van der Waals surface area contributed by atoms with Crippen LogP contribution in [0.1, 0.15) is 11.1 Å². The Morgan fingerprint density at radius 1 is 0.846 bits per heavy atom. The molecule has 0 saturated carbocycles. The van der Waals surface area contributed by atoms with E-state index in [2.05, 4.69) is 9.97 Å². The predicted molar refractivity (Wildman–Crippen MR) is 101 cm³/mol. The average Bonchev–Trinajstić information content (AvgIpc) is 3.06. The first kappa shape index (κ1) is 16.8. The Morgan fingerprint density at radius 2 is 1.38 bits per heavy atom. The van der Waals surface area contributed by atoms with Crippen molar-refractivity contribution in [2.24, 2.45) is 0 Å². The third-order valence-electron chi connectivity index (χ3n) is 4.23. The first-order chi connectivity index (χ1) is 12.6. The molecule has 2 heterocycles. The van der Waals surface area contributed by atoms with Crippen molar-refractivity contribution in [2.75, 3.05) is 0 Å². The summed E-state index contributed by atoms with van der Waals surface area (Å²) in [5.74, 6) is 0. The van der Waals surface area contributed by atoms with Crippen LogP contribution in [0.4, 0.5) is 0 Å². The molecule has 0 aliphatic carbocycles. The van der Waals surface area contributed by atoms with E-state index in [1.54, 1.807) is 4.57 Å². The quantitative estimate of drug-likeness (QED) is 0.468. The van der Waals surface area contributed by atoms with Gasteiger partial charge in [0.2, 0.25) is 0 Å². The summed E-state index contributed by atoms with van der Waals surface area (Å²) in [4.78, 5) is 33.4. The number of aromatic amines is 1. The van der Waals surface area contributed by atoms with Gasteiger partial charge in [0.05, 0.1) is 0 Å². The molecule has 0 aliphatic heterocycles. The molecule has 127 valence electrons. The van der Waals surface area contributed by atoms with Gasteiger partial charge in [-0.2, -0.15) is 0 Å². The Kier molecular flexibility index (Phi) is 4.50. The van der Waals surface area contributed by atoms with Crippen molar-refractivity contribution < 1.29 is 0 Å². The van der Waals surface area contributed by atoms with Crippen LogP contribution in [0.5, 0.6) is 0 Å². The summed E-state index contributed by atoms with van der Waals surface area (Å²) in [6, 6.07) is 19.2. The van der Waals surface area contributed by atoms with Gasteiger partial charge >= 0.3 is 162 Å². The molecule has 0 amide bonds. The van der Waals surface area contributed by atoms with Gasteiger partial charge in [0, 0.05) is 0 Å². The van der Waals surface area contributed by atoms with Crippen LogP contribution in [0.3, 0.4) is 0 Å². The number of aromatic nitrogens is 4. The summed E-state index contributed by atoms with van der Waals surface area (Å²) in [6.07, 6.45) is 0. The molecule has 26 heavy (non-hydrogen) atoms. The van der Waals surface area contributed by atoms with Gasteiger partial charge < -0.3 is 0 Å². The molecule has 0 fully saturated rings. The molecular formula is C19H15N4O2Sn. The number of nitrogens with one attached hydrogen (secondary N) is 1. The molecular weight excluding hydrogens is 435 g/mol. The van der Waals surface area contributed by atoms with Crippen LogP contribution in [0, 0.1) is 0 Å². The summed E-state index contributed by atoms with van der Waals surface area (Å²) < 4.78 is 3.54. The fourth-order valence-corrected chi connectivity index (χ4v) is 3.64. The average molecular weight is 450 g/mol. The molecule has 3 radical (unpaired) electrons. The van der Waals surface area contributed by atoms with E-state index in [0.717, 1.165) is 33.7 Å². The van der Waals surface area contributed by atoms with Gasteiger partial charge in [-0.1, -0.05) is 0 Å². The van der Waals surface area contributed by atoms with E-state index >= 15 is 0 Å². The van der Waals surface area contributed by atoms with Gasteiger partial charge in [-0.15, -0.1) is 0 Å². The Balaban J connectivity index is 1.92. The molecule has 0 unspecified atom stereocenters. The van der Waals surface area contributed by atoms with Crippen LogP contribution in [-0.2, 0) is 13.1 Å².